The number of para-hydroxylation sites is 1. The van der Waals surface area contributed by atoms with E-state index in [0.29, 0.717) is 12.8 Å². The van der Waals surface area contributed by atoms with Crippen LogP contribution < -0.4 is 10.6 Å². The number of halogens is 1. The van der Waals surface area contributed by atoms with Gasteiger partial charge in [0.2, 0.25) is 11.8 Å². The molecule has 2 aromatic carbocycles. The fourth-order valence-corrected chi connectivity index (χ4v) is 2.64. The summed E-state index contributed by atoms with van der Waals surface area (Å²) in [4.78, 5) is 25.2. The lowest BCUT2D eigenvalue weighted by molar-refractivity contribution is -0.128. The maximum absolute atomic E-state index is 12.0. The lowest BCUT2D eigenvalue weighted by atomic mass is 10.1. The van der Waals surface area contributed by atoms with Gasteiger partial charge >= 0.3 is 0 Å². The monoisotopic (exact) mass is 403 g/mol. The molecule has 5 nitrogen and oxygen atoms in total. The molecule has 0 atom stereocenters. The zero-order valence-electron chi connectivity index (χ0n) is 14.4. The molecule has 0 bridgehead atoms. The molecule has 2 rings (SSSR count). The van der Waals surface area contributed by atoms with Gasteiger partial charge in [-0.1, -0.05) is 24.3 Å². The molecular formula is C19H22BrN3O2. The Kier molecular flexibility index (Phi) is 7.01. The first kappa shape index (κ1) is 19.0. The van der Waals surface area contributed by atoms with Gasteiger partial charge < -0.3 is 15.5 Å². The zero-order valence-corrected chi connectivity index (χ0v) is 16.0. The molecule has 0 unspecified atom stereocenters. The predicted octanol–water partition coefficient (Wildman–Crippen LogP) is 3.52. The molecule has 0 aliphatic rings. The summed E-state index contributed by atoms with van der Waals surface area (Å²) in [5.74, 6) is -0.0122. The van der Waals surface area contributed by atoms with Crippen molar-refractivity contribution in [3.05, 3.63) is 58.6 Å². The van der Waals surface area contributed by atoms with Crippen LogP contribution in [0.25, 0.3) is 0 Å². The number of anilines is 2. The summed E-state index contributed by atoms with van der Waals surface area (Å²) in [7, 11) is 3.51. The highest BCUT2D eigenvalue weighted by Gasteiger charge is 2.06. The van der Waals surface area contributed by atoms with Gasteiger partial charge in [0, 0.05) is 36.4 Å². The number of carbonyl (C=O) groups is 2. The van der Waals surface area contributed by atoms with Crippen LogP contribution in [0, 0.1) is 0 Å². The van der Waals surface area contributed by atoms with Crippen LogP contribution >= 0.6 is 15.9 Å². The van der Waals surface area contributed by atoms with Gasteiger partial charge in [-0.25, -0.2) is 0 Å². The number of nitrogens with one attached hydrogen (secondary N) is 2. The van der Waals surface area contributed by atoms with E-state index in [1.54, 1.807) is 19.0 Å². The van der Waals surface area contributed by atoms with E-state index in [4.69, 9.17) is 0 Å². The third-order valence-corrected chi connectivity index (χ3v) is 4.37. The predicted molar refractivity (Wildman–Crippen MR) is 105 cm³/mol. The fraction of sp³-hybridized carbons (Fsp3) is 0.263. The van der Waals surface area contributed by atoms with E-state index in [1.165, 1.54) is 0 Å². The maximum Gasteiger partial charge on any atom is 0.243 e. The molecular weight excluding hydrogens is 382 g/mol. The number of hydrogen-bond acceptors (Lipinski definition) is 3. The highest BCUT2D eigenvalue weighted by atomic mass is 79.9. The van der Waals surface area contributed by atoms with Gasteiger partial charge in [0.25, 0.3) is 0 Å². The Morgan fingerprint density at radius 1 is 1.04 bits per heavy atom. The number of aryl methyl sites for hydroxylation is 1. The van der Waals surface area contributed by atoms with Crippen LogP contribution in [-0.4, -0.2) is 37.4 Å². The molecule has 0 heterocycles. The van der Waals surface area contributed by atoms with E-state index >= 15 is 0 Å². The van der Waals surface area contributed by atoms with Crippen LogP contribution in [0.2, 0.25) is 0 Å². The molecule has 0 spiro atoms. The van der Waals surface area contributed by atoms with Crippen LogP contribution in [0.5, 0.6) is 0 Å². The first-order valence-electron chi connectivity index (χ1n) is 8.03. The summed E-state index contributed by atoms with van der Waals surface area (Å²) in [6.45, 7) is 0.182. The average molecular weight is 404 g/mol. The molecule has 0 saturated heterocycles. The van der Waals surface area contributed by atoms with Crippen molar-refractivity contribution in [2.24, 2.45) is 0 Å². The maximum atomic E-state index is 12.0. The molecule has 25 heavy (non-hydrogen) atoms. The molecule has 2 N–H and O–H groups in total. The van der Waals surface area contributed by atoms with Crippen molar-refractivity contribution < 1.29 is 9.59 Å². The topological polar surface area (TPSA) is 61.4 Å². The summed E-state index contributed by atoms with van der Waals surface area (Å²) in [6.07, 6.45) is 1.17. The molecule has 0 aromatic heterocycles. The first-order chi connectivity index (χ1) is 12.0. The lowest BCUT2D eigenvalue weighted by Gasteiger charge is -2.11. The number of amides is 2. The van der Waals surface area contributed by atoms with Crippen molar-refractivity contribution in [2.45, 2.75) is 12.8 Å². The van der Waals surface area contributed by atoms with Crippen LogP contribution in [-0.2, 0) is 16.0 Å². The van der Waals surface area contributed by atoms with Gasteiger partial charge in [-0.2, -0.15) is 0 Å². The van der Waals surface area contributed by atoms with Gasteiger partial charge in [-0.3, -0.25) is 9.59 Å². The summed E-state index contributed by atoms with van der Waals surface area (Å²) < 4.78 is 0.916. The fourth-order valence-electron chi connectivity index (χ4n) is 2.21. The van der Waals surface area contributed by atoms with E-state index in [0.717, 1.165) is 21.4 Å². The zero-order chi connectivity index (χ0) is 18.2. The molecule has 0 radical (unpaired) electrons. The van der Waals surface area contributed by atoms with Crippen molar-refractivity contribution in [3.8, 4) is 0 Å². The molecule has 2 aromatic rings. The standard InChI is InChI=1S/C19H22BrN3O2/c1-23(2)19(25)12-9-14-7-10-15(11-8-14)22-18(24)13-21-17-6-4-3-5-16(17)20/h3-8,10-11,21H,9,12-13H2,1-2H3,(H,22,24). The van der Waals surface area contributed by atoms with E-state index < -0.39 is 0 Å². The van der Waals surface area contributed by atoms with Crippen molar-refractivity contribution in [1.29, 1.82) is 0 Å². The quantitative estimate of drug-likeness (QED) is 0.743. The Hall–Kier alpha value is -2.34. The first-order valence-corrected chi connectivity index (χ1v) is 8.82. The van der Waals surface area contributed by atoms with Crippen molar-refractivity contribution in [2.75, 3.05) is 31.3 Å². The number of hydrogen-bond donors (Lipinski definition) is 2. The second-order valence-corrected chi connectivity index (χ2v) is 6.72. The minimum Gasteiger partial charge on any atom is -0.375 e. The molecule has 0 aliphatic heterocycles. The molecule has 0 aliphatic carbocycles. The Balaban J connectivity index is 1.81. The van der Waals surface area contributed by atoms with E-state index in [2.05, 4.69) is 26.6 Å². The Morgan fingerprint density at radius 3 is 2.36 bits per heavy atom. The summed E-state index contributed by atoms with van der Waals surface area (Å²) in [5, 5.41) is 5.94. The third-order valence-electron chi connectivity index (χ3n) is 3.68. The van der Waals surface area contributed by atoms with Crippen molar-refractivity contribution >= 4 is 39.1 Å². The number of benzene rings is 2. The largest absolute Gasteiger partial charge is 0.375 e. The van der Waals surface area contributed by atoms with E-state index in [1.807, 2.05) is 48.5 Å². The van der Waals surface area contributed by atoms with Gasteiger partial charge in [0.05, 0.1) is 6.54 Å². The minimum absolute atomic E-state index is 0.107. The molecule has 0 saturated carbocycles. The Bertz CT molecular complexity index is 730. The Labute approximate surface area is 156 Å². The van der Waals surface area contributed by atoms with Crippen LogP contribution in [0.4, 0.5) is 11.4 Å². The summed E-state index contributed by atoms with van der Waals surface area (Å²) >= 11 is 3.43. The normalized spacial score (nSPS) is 10.2. The second kappa shape index (κ2) is 9.22. The molecule has 2 amide bonds. The van der Waals surface area contributed by atoms with Crippen molar-refractivity contribution in [3.63, 3.8) is 0 Å². The lowest BCUT2D eigenvalue weighted by Crippen LogP contribution is -2.22. The van der Waals surface area contributed by atoms with Crippen LogP contribution in [0.15, 0.2) is 53.0 Å². The smallest absolute Gasteiger partial charge is 0.243 e. The molecule has 6 heteroatoms. The van der Waals surface area contributed by atoms with Crippen LogP contribution in [0.1, 0.15) is 12.0 Å². The number of nitrogens with zero attached hydrogens (tertiary/aromatic N) is 1. The third kappa shape index (κ3) is 6.23. The number of rotatable bonds is 7. The average Bonchev–Trinajstić information content (AvgIpc) is 2.60. The highest BCUT2D eigenvalue weighted by Crippen LogP contribution is 2.20. The van der Waals surface area contributed by atoms with E-state index in [-0.39, 0.29) is 18.4 Å². The molecule has 132 valence electrons. The van der Waals surface area contributed by atoms with Gasteiger partial charge in [0.15, 0.2) is 0 Å². The van der Waals surface area contributed by atoms with E-state index in [9.17, 15) is 9.59 Å². The van der Waals surface area contributed by atoms with Gasteiger partial charge in [-0.05, 0) is 52.2 Å². The SMILES string of the molecule is CN(C)C(=O)CCc1ccc(NC(=O)CNc2ccccc2Br)cc1. The van der Waals surface area contributed by atoms with Gasteiger partial charge in [-0.15, -0.1) is 0 Å². The number of carbonyl (C=O) groups excluding carboxylic acids is 2. The summed E-state index contributed by atoms with van der Waals surface area (Å²) in [6, 6.07) is 15.2. The molecule has 0 fully saturated rings. The Morgan fingerprint density at radius 2 is 1.72 bits per heavy atom. The van der Waals surface area contributed by atoms with Crippen LogP contribution in [0.3, 0.4) is 0 Å². The van der Waals surface area contributed by atoms with Crippen molar-refractivity contribution in [1.82, 2.24) is 4.90 Å². The second-order valence-electron chi connectivity index (χ2n) is 5.87. The highest BCUT2D eigenvalue weighted by molar-refractivity contribution is 9.10. The minimum atomic E-state index is -0.119. The summed E-state index contributed by atoms with van der Waals surface area (Å²) in [5.41, 5.74) is 2.68. The van der Waals surface area contributed by atoms with Gasteiger partial charge in [0.1, 0.15) is 0 Å².